The number of carbonyl (C=O) groups excluding carboxylic acids is 1. The minimum atomic E-state index is -0.330. The molecule has 0 bridgehead atoms. The highest BCUT2D eigenvalue weighted by molar-refractivity contribution is 8.00. The molecule has 0 aliphatic carbocycles. The Hall–Kier alpha value is -2.42. The first-order valence-corrected chi connectivity index (χ1v) is 8.30. The van der Waals surface area contributed by atoms with E-state index in [2.05, 4.69) is 10.2 Å². The second-order valence-corrected chi connectivity index (χ2v) is 6.57. The van der Waals surface area contributed by atoms with E-state index < -0.39 is 0 Å². The Labute approximate surface area is 150 Å². The molecule has 0 saturated carbocycles. The zero-order chi connectivity index (χ0) is 18.6. The second kappa shape index (κ2) is 8.11. The summed E-state index contributed by atoms with van der Waals surface area (Å²) in [6.07, 6.45) is 0. The standard InChI is InChI=1S/C16H21N3O5S/c1-9(15(20)19(2)3)25-16-18-17-14(24-16)10-7-11(21-4)13(23-6)12(8-10)22-5/h7-9H,1-6H3/t9-/m1/s1. The molecule has 9 heteroatoms. The van der Waals surface area contributed by atoms with Crippen LogP contribution in [0.2, 0.25) is 0 Å². The lowest BCUT2D eigenvalue weighted by Crippen LogP contribution is -2.29. The molecule has 0 unspecified atom stereocenters. The molecule has 0 saturated heterocycles. The summed E-state index contributed by atoms with van der Waals surface area (Å²) in [4.78, 5) is 13.5. The molecule has 2 rings (SSSR count). The Morgan fingerprint density at radius 3 is 2.20 bits per heavy atom. The first kappa shape index (κ1) is 18.9. The molecule has 0 spiro atoms. The van der Waals surface area contributed by atoms with Gasteiger partial charge in [0.15, 0.2) is 11.5 Å². The van der Waals surface area contributed by atoms with Crippen molar-refractivity contribution in [3.05, 3.63) is 12.1 Å². The highest BCUT2D eigenvalue weighted by Gasteiger charge is 2.21. The first-order valence-electron chi connectivity index (χ1n) is 7.43. The summed E-state index contributed by atoms with van der Waals surface area (Å²) in [5.41, 5.74) is 0.625. The Morgan fingerprint density at radius 2 is 1.72 bits per heavy atom. The van der Waals surface area contributed by atoms with Crippen LogP contribution in [0.5, 0.6) is 17.2 Å². The number of hydrogen-bond donors (Lipinski definition) is 0. The fourth-order valence-electron chi connectivity index (χ4n) is 2.14. The molecule has 1 heterocycles. The highest BCUT2D eigenvalue weighted by atomic mass is 32.2. The number of nitrogens with zero attached hydrogens (tertiary/aromatic N) is 3. The summed E-state index contributed by atoms with van der Waals surface area (Å²) in [5.74, 6) is 1.72. The number of ether oxygens (including phenoxy) is 3. The molecule has 1 amide bonds. The monoisotopic (exact) mass is 367 g/mol. The van der Waals surface area contributed by atoms with Crippen LogP contribution in [0.1, 0.15) is 6.92 Å². The van der Waals surface area contributed by atoms with Crippen molar-refractivity contribution in [2.75, 3.05) is 35.4 Å². The van der Waals surface area contributed by atoms with E-state index in [4.69, 9.17) is 18.6 Å². The average Bonchev–Trinajstić information content (AvgIpc) is 3.07. The summed E-state index contributed by atoms with van der Waals surface area (Å²) in [5, 5.41) is 8.01. The number of aromatic nitrogens is 2. The Kier molecular flexibility index (Phi) is 6.13. The van der Waals surface area contributed by atoms with Gasteiger partial charge in [-0.3, -0.25) is 4.79 Å². The topological polar surface area (TPSA) is 86.9 Å². The third-order valence-electron chi connectivity index (χ3n) is 3.38. The van der Waals surface area contributed by atoms with Crippen molar-refractivity contribution in [3.8, 4) is 28.7 Å². The van der Waals surface area contributed by atoms with Gasteiger partial charge in [-0.15, -0.1) is 10.2 Å². The van der Waals surface area contributed by atoms with E-state index in [1.807, 2.05) is 0 Å². The molecular formula is C16H21N3O5S. The fourth-order valence-corrected chi connectivity index (χ4v) is 2.97. The maximum Gasteiger partial charge on any atom is 0.277 e. The van der Waals surface area contributed by atoms with E-state index in [0.717, 1.165) is 0 Å². The predicted molar refractivity (Wildman–Crippen MR) is 93.4 cm³/mol. The molecule has 0 radical (unpaired) electrons. The molecule has 0 N–H and O–H groups in total. The minimum absolute atomic E-state index is 0.0301. The number of benzene rings is 1. The molecule has 1 atom stereocenters. The van der Waals surface area contributed by atoms with Crippen LogP contribution in [0.3, 0.4) is 0 Å². The van der Waals surface area contributed by atoms with Crippen LogP contribution in [0, 0.1) is 0 Å². The van der Waals surface area contributed by atoms with Gasteiger partial charge in [-0.2, -0.15) is 0 Å². The number of hydrogen-bond acceptors (Lipinski definition) is 8. The van der Waals surface area contributed by atoms with E-state index in [-0.39, 0.29) is 11.2 Å². The van der Waals surface area contributed by atoms with Crippen molar-refractivity contribution in [2.24, 2.45) is 0 Å². The lowest BCUT2D eigenvalue weighted by atomic mass is 10.2. The van der Waals surface area contributed by atoms with Crippen LogP contribution >= 0.6 is 11.8 Å². The van der Waals surface area contributed by atoms with Gasteiger partial charge in [0.1, 0.15) is 0 Å². The Balaban J connectivity index is 2.29. The zero-order valence-corrected chi connectivity index (χ0v) is 15.8. The van der Waals surface area contributed by atoms with Crippen molar-refractivity contribution >= 4 is 17.7 Å². The second-order valence-electron chi connectivity index (χ2n) is 5.28. The summed E-state index contributed by atoms with van der Waals surface area (Å²) in [6.45, 7) is 1.79. The zero-order valence-electron chi connectivity index (χ0n) is 15.0. The molecule has 1 aromatic heterocycles. The lowest BCUT2D eigenvalue weighted by molar-refractivity contribution is -0.127. The molecule has 0 fully saturated rings. The van der Waals surface area contributed by atoms with E-state index in [0.29, 0.717) is 33.9 Å². The van der Waals surface area contributed by atoms with Gasteiger partial charge in [-0.1, -0.05) is 11.8 Å². The largest absolute Gasteiger partial charge is 0.493 e. The van der Waals surface area contributed by atoms with Crippen LogP contribution in [0.15, 0.2) is 21.8 Å². The predicted octanol–water partition coefficient (Wildman–Crippen LogP) is 2.33. The Morgan fingerprint density at radius 1 is 1.12 bits per heavy atom. The quantitative estimate of drug-likeness (QED) is 0.689. The van der Waals surface area contributed by atoms with Crippen molar-refractivity contribution in [3.63, 3.8) is 0 Å². The maximum atomic E-state index is 11.9. The Bertz CT molecular complexity index is 722. The SMILES string of the molecule is COc1cc(-c2nnc(S[C@H](C)C(=O)N(C)C)o2)cc(OC)c1OC. The van der Waals surface area contributed by atoms with Gasteiger partial charge in [-0.05, 0) is 19.1 Å². The van der Waals surface area contributed by atoms with E-state index in [9.17, 15) is 4.79 Å². The third kappa shape index (κ3) is 4.16. The molecular weight excluding hydrogens is 346 g/mol. The molecule has 0 aliphatic rings. The van der Waals surface area contributed by atoms with Gasteiger partial charge in [-0.25, -0.2) is 0 Å². The maximum absolute atomic E-state index is 11.9. The van der Waals surface area contributed by atoms with Crippen LogP contribution in [-0.4, -0.2) is 61.7 Å². The summed E-state index contributed by atoms with van der Waals surface area (Å²) < 4.78 is 21.6. The van der Waals surface area contributed by atoms with Crippen molar-refractivity contribution in [1.82, 2.24) is 15.1 Å². The number of methoxy groups -OCH3 is 3. The summed E-state index contributed by atoms with van der Waals surface area (Å²) in [7, 11) is 8.00. The van der Waals surface area contributed by atoms with Crippen molar-refractivity contribution in [2.45, 2.75) is 17.4 Å². The number of thioether (sulfide) groups is 1. The molecule has 8 nitrogen and oxygen atoms in total. The van der Waals surface area contributed by atoms with Gasteiger partial charge in [0.2, 0.25) is 17.5 Å². The number of rotatable bonds is 7. The smallest absolute Gasteiger partial charge is 0.277 e. The summed E-state index contributed by atoms with van der Waals surface area (Å²) >= 11 is 1.20. The number of carbonyl (C=O) groups is 1. The van der Waals surface area contributed by atoms with Gasteiger partial charge >= 0.3 is 0 Å². The lowest BCUT2D eigenvalue weighted by Gasteiger charge is -2.14. The molecule has 0 aliphatic heterocycles. The molecule has 25 heavy (non-hydrogen) atoms. The highest BCUT2D eigenvalue weighted by Crippen LogP contribution is 2.41. The van der Waals surface area contributed by atoms with E-state index in [1.54, 1.807) is 33.2 Å². The van der Waals surface area contributed by atoms with Gasteiger partial charge in [0.25, 0.3) is 5.22 Å². The van der Waals surface area contributed by atoms with Gasteiger partial charge < -0.3 is 23.5 Å². The van der Waals surface area contributed by atoms with Crippen LogP contribution < -0.4 is 14.2 Å². The average molecular weight is 367 g/mol. The molecule has 2 aromatic rings. The fraction of sp³-hybridized carbons (Fsp3) is 0.438. The van der Waals surface area contributed by atoms with Crippen LogP contribution in [0.25, 0.3) is 11.5 Å². The number of amides is 1. The molecule has 1 aromatic carbocycles. The molecule has 136 valence electrons. The first-order chi connectivity index (χ1) is 11.9. The minimum Gasteiger partial charge on any atom is -0.493 e. The normalized spacial score (nSPS) is 11.8. The van der Waals surface area contributed by atoms with Crippen LogP contribution in [-0.2, 0) is 4.79 Å². The van der Waals surface area contributed by atoms with E-state index >= 15 is 0 Å². The van der Waals surface area contributed by atoms with Gasteiger partial charge in [0, 0.05) is 19.7 Å². The summed E-state index contributed by atoms with van der Waals surface area (Å²) in [6, 6.07) is 3.44. The van der Waals surface area contributed by atoms with E-state index in [1.165, 1.54) is 38.0 Å². The third-order valence-corrected chi connectivity index (χ3v) is 4.31. The van der Waals surface area contributed by atoms with Crippen molar-refractivity contribution in [1.29, 1.82) is 0 Å². The van der Waals surface area contributed by atoms with Crippen LogP contribution in [0.4, 0.5) is 0 Å². The van der Waals surface area contributed by atoms with Crippen molar-refractivity contribution < 1.29 is 23.4 Å². The van der Waals surface area contributed by atoms with Gasteiger partial charge in [0.05, 0.1) is 26.6 Å².